The van der Waals surface area contributed by atoms with Crippen molar-refractivity contribution in [3.8, 4) is 0 Å². The van der Waals surface area contributed by atoms with Crippen molar-refractivity contribution < 1.29 is 19.2 Å². The number of primary amides is 1. The summed E-state index contributed by atoms with van der Waals surface area (Å²) in [6, 6.07) is 4.97. The van der Waals surface area contributed by atoms with Gasteiger partial charge in [-0.05, 0) is 37.1 Å². The number of rotatable bonds is 2. The fraction of sp³-hybridized carbons (Fsp3) is 0.231. The van der Waals surface area contributed by atoms with E-state index in [1.165, 1.54) is 24.3 Å². The molecule has 0 atom stereocenters. The first kappa shape index (κ1) is 12.3. The van der Waals surface area contributed by atoms with Crippen molar-refractivity contribution in [2.24, 2.45) is 11.1 Å². The summed E-state index contributed by atoms with van der Waals surface area (Å²) in [5.41, 5.74) is 4.61. The molecule has 1 aromatic carbocycles. The predicted octanol–water partition coefficient (Wildman–Crippen LogP) is 0.148. The topological polar surface area (TPSA) is 110 Å². The van der Waals surface area contributed by atoms with Crippen LogP contribution in [-0.2, 0) is 9.59 Å². The van der Waals surface area contributed by atoms with Gasteiger partial charge in [0, 0.05) is 5.56 Å². The zero-order valence-corrected chi connectivity index (χ0v) is 10.4. The summed E-state index contributed by atoms with van der Waals surface area (Å²) in [6.45, 7) is 0. The van der Waals surface area contributed by atoms with E-state index in [4.69, 9.17) is 5.73 Å². The normalized spacial score (nSPS) is 20.0. The molecule has 2 aliphatic rings. The highest BCUT2D eigenvalue weighted by molar-refractivity contribution is 6.31. The van der Waals surface area contributed by atoms with Gasteiger partial charge in [0.25, 0.3) is 5.91 Å². The Balaban J connectivity index is 1.96. The van der Waals surface area contributed by atoms with Crippen LogP contribution in [0.4, 0.5) is 10.5 Å². The fourth-order valence-corrected chi connectivity index (χ4v) is 2.25. The van der Waals surface area contributed by atoms with E-state index in [-0.39, 0.29) is 5.56 Å². The third kappa shape index (κ3) is 1.59. The van der Waals surface area contributed by atoms with Crippen molar-refractivity contribution in [2.75, 3.05) is 4.90 Å². The van der Waals surface area contributed by atoms with Crippen LogP contribution >= 0.6 is 0 Å². The molecule has 1 spiro atoms. The lowest BCUT2D eigenvalue weighted by Crippen LogP contribution is -2.59. The molecule has 7 heteroatoms. The van der Waals surface area contributed by atoms with Crippen molar-refractivity contribution in [3.63, 3.8) is 0 Å². The van der Waals surface area contributed by atoms with Crippen LogP contribution in [0.3, 0.4) is 0 Å². The lowest BCUT2D eigenvalue weighted by Gasteiger charge is -2.30. The Morgan fingerprint density at radius 3 is 2.25 bits per heavy atom. The Labute approximate surface area is 113 Å². The number of nitrogens with two attached hydrogens (primary N) is 1. The van der Waals surface area contributed by atoms with Gasteiger partial charge in [0.05, 0.1) is 5.69 Å². The van der Waals surface area contributed by atoms with Crippen LogP contribution < -0.4 is 16.0 Å². The predicted molar refractivity (Wildman–Crippen MR) is 67.7 cm³/mol. The number of barbiturate groups is 1. The van der Waals surface area contributed by atoms with Gasteiger partial charge >= 0.3 is 6.03 Å². The standard InChI is InChI=1S/C13H11N3O4/c14-9(17)7-1-3-8(4-2-7)16-11(19)13(5-6-13)10(18)15-12(16)20/h1-4H,5-6H2,(H2,14,17)(H,15,18,20). The average Bonchev–Trinajstić information content (AvgIpc) is 3.19. The molecule has 1 saturated heterocycles. The highest BCUT2D eigenvalue weighted by Crippen LogP contribution is 2.49. The van der Waals surface area contributed by atoms with Gasteiger partial charge in [0.15, 0.2) is 0 Å². The molecule has 1 saturated carbocycles. The molecule has 0 unspecified atom stereocenters. The number of carbonyl (C=O) groups is 4. The number of amides is 5. The molecule has 5 amide bonds. The van der Waals surface area contributed by atoms with Gasteiger partial charge in [-0.15, -0.1) is 0 Å². The van der Waals surface area contributed by atoms with Crippen LogP contribution in [-0.4, -0.2) is 23.8 Å². The number of hydrogen-bond donors (Lipinski definition) is 2. The van der Waals surface area contributed by atoms with E-state index in [9.17, 15) is 19.2 Å². The molecule has 3 N–H and O–H groups in total. The van der Waals surface area contributed by atoms with Crippen LogP contribution in [0, 0.1) is 5.41 Å². The van der Waals surface area contributed by atoms with Crippen LogP contribution in [0.1, 0.15) is 23.2 Å². The third-order valence-corrected chi connectivity index (χ3v) is 3.63. The number of urea groups is 1. The molecular weight excluding hydrogens is 262 g/mol. The largest absolute Gasteiger partial charge is 0.366 e. The van der Waals surface area contributed by atoms with Crippen molar-refractivity contribution in [1.29, 1.82) is 0 Å². The summed E-state index contributed by atoms with van der Waals surface area (Å²) in [5, 5.41) is 2.18. The summed E-state index contributed by atoms with van der Waals surface area (Å²) in [5.74, 6) is -1.64. The number of nitrogens with one attached hydrogen (secondary N) is 1. The van der Waals surface area contributed by atoms with Gasteiger partial charge in [0.2, 0.25) is 11.8 Å². The maximum Gasteiger partial charge on any atom is 0.335 e. The Hall–Kier alpha value is -2.70. The van der Waals surface area contributed by atoms with Gasteiger partial charge in [-0.1, -0.05) is 0 Å². The van der Waals surface area contributed by atoms with E-state index < -0.39 is 29.2 Å². The van der Waals surface area contributed by atoms with Crippen molar-refractivity contribution >= 4 is 29.4 Å². The zero-order chi connectivity index (χ0) is 14.5. The monoisotopic (exact) mass is 273 g/mol. The lowest BCUT2D eigenvalue weighted by atomic mass is 10.0. The molecule has 1 heterocycles. The Bertz CT molecular complexity index is 646. The molecule has 7 nitrogen and oxygen atoms in total. The molecule has 0 radical (unpaired) electrons. The third-order valence-electron chi connectivity index (χ3n) is 3.63. The van der Waals surface area contributed by atoms with Crippen LogP contribution in [0.25, 0.3) is 0 Å². The molecular formula is C13H11N3O4. The molecule has 1 aromatic rings. The molecule has 1 aliphatic heterocycles. The summed E-state index contributed by atoms with van der Waals surface area (Å²) in [6.07, 6.45) is 0.891. The number of anilines is 1. The van der Waals surface area contributed by atoms with Gasteiger partial charge in [0.1, 0.15) is 5.41 Å². The molecule has 3 rings (SSSR count). The van der Waals surface area contributed by atoms with Gasteiger partial charge < -0.3 is 5.73 Å². The average molecular weight is 273 g/mol. The smallest absolute Gasteiger partial charge is 0.335 e. The summed E-state index contributed by atoms with van der Waals surface area (Å²) in [7, 11) is 0. The molecule has 0 aromatic heterocycles. The summed E-state index contributed by atoms with van der Waals surface area (Å²) in [4.78, 5) is 47.7. The first-order chi connectivity index (χ1) is 9.45. The summed E-state index contributed by atoms with van der Waals surface area (Å²) >= 11 is 0. The molecule has 20 heavy (non-hydrogen) atoms. The van der Waals surface area contributed by atoms with E-state index in [2.05, 4.69) is 5.32 Å². The lowest BCUT2D eigenvalue weighted by molar-refractivity contribution is -0.136. The number of nitrogens with zero attached hydrogens (tertiary/aromatic N) is 1. The number of benzene rings is 1. The second-order valence-electron chi connectivity index (χ2n) is 4.89. The number of imide groups is 2. The number of carbonyl (C=O) groups excluding carboxylic acids is 4. The van der Waals surface area contributed by atoms with Gasteiger partial charge in [-0.3, -0.25) is 19.7 Å². The van der Waals surface area contributed by atoms with E-state index in [1.807, 2.05) is 0 Å². The van der Waals surface area contributed by atoms with Gasteiger partial charge in [-0.25, -0.2) is 9.69 Å². The highest BCUT2D eigenvalue weighted by atomic mass is 16.2. The van der Waals surface area contributed by atoms with E-state index in [0.717, 1.165) is 4.90 Å². The Morgan fingerprint density at radius 1 is 1.15 bits per heavy atom. The molecule has 1 aliphatic carbocycles. The molecule has 0 bridgehead atoms. The fourth-order valence-electron chi connectivity index (χ4n) is 2.25. The highest BCUT2D eigenvalue weighted by Gasteiger charge is 2.62. The molecule has 102 valence electrons. The SMILES string of the molecule is NC(=O)c1ccc(N2C(=O)NC(=O)C3(CC3)C2=O)cc1. The first-order valence-electron chi connectivity index (χ1n) is 6.05. The maximum absolute atomic E-state index is 12.3. The Kier molecular flexibility index (Phi) is 2.40. The second kappa shape index (κ2) is 3.89. The van der Waals surface area contributed by atoms with Gasteiger partial charge in [-0.2, -0.15) is 0 Å². The first-order valence-corrected chi connectivity index (χ1v) is 6.05. The number of hydrogen-bond acceptors (Lipinski definition) is 4. The van der Waals surface area contributed by atoms with E-state index in [1.54, 1.807) is 0 Å². The molecule has 2 fully saturated rings. The minimum Gasteiger partial charge on any atom is -0.366 e. The van der Waals surface area contributed by atoms with E-state index in [0.29, 0.717) is 18.5 Å². The van der Waals surface area contributed by atoms with Crippen LogP contribution in [0.5, 0.6) is 0 Å². The maximum atomic E-state index is 12.3. The zero-order valence-electron chi connectivity index (χ0n) is 10.4. The van der Waals surface area contributed by atoms with Crippen molar-refractivity contribution in [1.82, 2.24) is 5.32 Å². The van der Waals surface area contributed by atoms with Crippen LogP contribution in [0.15, 0.2) is 24.3 Å². The van der Waals surface area contributed by atoms with Crippen LogP contribution in [0.2, 0.25) is 0 Å². The quantitative estimate of drug-likeness (QED) is 0.747. The minimum absolute atomic E-state index is 0.274. The summed E-state index contributed by atoms with van der Waals surface area (Å²) < 4.78 is 0. The van der Waals surface area contributed by atoms with E-state index >= 15 is 0 Å². The Morgan fingerprint density at radius 2 is 1.75 bits per heavy atom. The second-order valence-corrected chi connectivity index (χ2v) is 4.89. The minimum atomic E-state index is -1.09. The van der Waals surface area contributed by atoms with Crippen molar-refractivity contribution in [2.45, 2.75) is 12.8 Å². The van der Waals surface area contributed by atoms with Crippen molar-refractivity contribution in [3.05, 3.63) is 29.8 Å².